The largest absolute Gasteiger partial charge is 0.352 e. The van der Waals surface area contributed by atoms with Gasteiger partial charge in [0.05, 0.1) is 10.7 Å². The van der Waals surface area contributed by atoms with Crippen LogP contribution in [0.5, 0.6) is 0 Å². The Kier molecular flexibility index (Phi) is 6.21. The monoisotopic (exact) mass is 476 g/mol. The van der Waals surface area contributed by atoms with E-state index in [1.807, 2.05) is 17.0 Å². The first-order chi connectivity index (χ1) is 14.8. The average molecular weight is 477 g/mol. The van der Waals surface area contributed by atoms with Crippen LogP contribution >= 0.6 is 23.2 Å². The molecule has 0 atom stereocenters. The van der Waals surface area contributed by atoms with Gasteiger partial charge in [0.15, 0.2) is 5.82 Å². The number of hydrogen-bond donors (Lipinski definition) is 0. The lowest BCUT2D eigenvalue weighted by atomic mass is 10.0. The molecule has 0 aliphatic carbocycles. The summed E-state index contributed by atoms with van der Waals surface area (Å²) >= 11 is 12.1. The number of benzene rings is 2. The fraction of sp³-hybridized carbons (Fsp3) is 0.273. The van der Waals surface area contributed by atoms with Crippen molar-refractivity contribution in [3.05, 3.63) is 69.7 Å². The van der Waals surface area contributed by atoms with Crippen molar-refractivity contribution in [1.29, 1.82) is 0 Å². The SMILES string of the molecule is Cc1ccc(-c2ccc(N3CCN(S(=O)(=O)c4cc(Cl)ccc4Cl)CC3)nn2)c(C)c1. The van der Waals surface area contributed by atoms with Gasteiger partial charge in [-0.15, -0.1) is 10.2 Å². The lowest BCUT2D eigenvalue weighted by molar-refractivity contribution is 0.383. The first kappa shape index (κ1) is 22.0. The lowest BCUT2D eigenvalue weighted by Crippen LogP contribution is -2.49. The van der Waals surface area contributed by atoms with E-state index in [0.29, 0.717) is 31.2 Å². The van der Waals surface area contributed by atoms with E-state index >= 15 is 0 Å². The summed E-state index contributed by atoms with van der Waals surface area (Å²) in [6.07, 6.45) is 0. The first-order valence-electron chi connectivity index (χ1n) is 9.87. The number of hydrogen-bond acceptors (Lipinski definition) is 5. The summed E-state index contributed by atoms with van der Waals surface area (Å²) in [5, 5.41) is 9.28. The van der Waals surface area contributed by atoms with Gasteiger partial charge in [0.25, 0.3) is 0 Å². The third kappa shape index (κ3) is 4.55. The third-order valence-electron chi connectivity index (χ3n) is 5.38. The van der Waals surface area contributed by atoms with Crippen molar-refractivity contribution in [3.8, 4) is 11.3 Å². The minimum Gasteiger partial charge on any atom is -0.352 e. The second-order valence-corrected chi connectivity index (χ2v) is 10.3. The Morgan fingerprint density at radius 3 is 2.26 bits per heavy atom. The van der Waals surface area contributed by atoms with Crippen molar-refractivity contribution in [1.82, 2.24) is 14.5 Å². The van der Waals surface area contributed by atoms with Crippen LogP contribution < -0.4 is 4.90 Å². The van der Waals surface area contributed by atoms with Gasteiger partial charge in [-0.05, 0) is 49.7 Å². The Morgan fingerprint density at radius 1 is 0.871 bits per heavy atom. The molecule has 0 saturated carbocycles. The number of piperazine rings is 1. The highest BCUT2D eigenvalue weighted by Crippen LogP contribution is 2.29. The molecule has 1 aliphatic rings. The molecule has 1 aliphatic heterocycles. The predicted molar refractivity (Wildman–Crippen MR) is 124 cm³/mol. The Bertz CT molecular complexity index is 1210. The molecule has 1 saturated heterocycles. The van der Waals surface area contributed by atoms with Gasteiger partial charge >= 0.3 is 0 Å². The summed E-state index contributed by atoms with van der Waals surface area (Å²) in [4.78, 5) is 2.07. The molecule has 0 unspecified atom stereocenters. The molecule has 1 fully saturated rings. The summed E-state index contributed by atoms with van der Waals surface area (Å²) in [7, 11) is -3.72. The molecule has 162 valence electrons. The Morgan fingerprint density at radius 2 is 1.61 bits per heavy atom. The van der Waals surface area contributed by atoms with E-state index in [-0.39, 0.29) is 9.92 Å². The molecule has 0 amide bonds. The zero-order chi connectivity index (χ0) is 22.2. The average Bonchev–Trinajstić information content (AvgIpc) is 2.76. The highest BCUT2D eigenvalue weighted by atomic mass is 35.5. The molecule has 9 heteroatoms. The van der Waals surface area contributed by atoms with Crippen LogP contribution in [-0.2, 0) is 10.0 Å². The van der Waals surface area contributed by atoms with Gasteiger partial charge in [0.2, 0.25) is 10.0 Å². The molecular formula is C22H22Cl2N4O2S. The summed E-state index contributed by atoms with van der Waals surface area (Å²) < 4.78 is 27.4. The maximum absolute atomic E-state index is 13.0. The Hall–Kier alpha value is -2.19. The molecule has 6 nitrogen and oxygen atoms in total. The van der Waals surface area contributed by atoms with Crippen molar-refractivity contribution in [2.24, 2.45) is 0 Å². The van der Waals surface area contributed by atoms with Crippen molar-refractivity contribution in [2.45, 2.75) is 18.7 Å². The number of nitrogens with zero attached hydrogens (tertiary/aromatic N) is 4. The number of aryl methyl sites for hydroxylation is 2. The fourth-order valence-corrected chi connectivity index (χ4v) is 5.87. The van der Waals surface area contributed by atoms with Crippen LogP contribution in [-0.4, -0.2) is 49.1 Å². The van der Waals surface area contributed by atoms with Gasteiger partial charge in [-0.1, -0.05) is 47.0 Å². The lowest BCUT2D eigenvalue weighted by Gasteiger charge is -2.34. The number of anilines is 1. The van der Waals surface area contributed by atoms with Crippen molar-refractivity contribution in [3.63, 3.8) is 0 Å². The second-order valence-electron chi connectivity index (χ2n) is 7.56. The van der Waals surface area contributed by atoms with Crippen LogP contribution in [0.3, 0.4) is 0 Å². The Labute approximate surface area is 192 Å². The Balaban J connectivity index is 1.47. The molecule has 1 aromatic heterocycles. The number of aromatic nitrogens is 2. The first-order valence-corrected chi connectivity index (χ1v) is 12.1. The molecule has 4 rings (SSSR count). The highest BCUT2D eigenvalue weighted by molar-refractivity contribution is 7.89. The zero-order valence-electron chi connectivity index (χ0n) is 17.2. The maximum atomic E-state index is 13.0. The van der Waals surface area contributed by atoms with Crippen LogP contribution in [0.4, 0.5) is 5.82 Å². The van der Waals surface area contributed by atoms with E-state index in [2.05, 4.69) is 42.2 Å². The van der Waals surface area contributed by atoms with Crippen molar-refractivity contribution in [2.75, 3.05) is 31.1 Å². The molecule has 0 spiro atoms. The molecule has 0 bridgehead atoms. The molecule has 0 radical (unpaired) electrons. The van der Waals surface area contributed by atoms with E-state index in [4.69, 9.17) is 23.2 Å². The number of sulfonamides is 1. The molecular weight excluding hydrogens is 455 g/mol. The quantitative estimate of drug-likeness (QED) is 0.551. The van der Waals surface area contributed by atoms with Crippen LogP contribution in [0.1, 0.15) is 11.1 Å². The highest BCUT2D eigenvalue weighted by Gasteiger charge is 2.30. The van der Waals surface area contributed by atoms with Crippen LogP contribution in [0, 0.1) is 13.8 Å². The van der Waals surface area contributed by atoms with Gasteiger partial charge in [0, 0.05) is 36.8 Å². The van der Waals surface area contributed by atoms with Gasteiger partial charge < -0.3 is 4.90 Å². The van der Waals surface area contributed by atoms with E-state index in [1.165, 1.54) is 22.0 Å². The molecule has 0 N–H and O–H groups in total. The van der Waals surface area contributed by atoms with Gasteiger partial charge in [0.1, 0.15) is 4.90 Å². The topological polar surface area (TPSA) is 66.4 Å². The normalized spacial score (nSPS) is 15.3. The second kappa shape index (κ2) is 8.74. The van der Waals surface area contributed by atoms with E-state index < -0.39 is 10.0 Å². The molecule has 2 aromatic carbocycles. The van der Waals surface area contributed by atoms with E-state index in [9.17, 15) is 8.42 Å². The summed E-state index contributed by atoms with van der Waals surface area (Å²) in [5.74, 6) is 0.728. The third-order valence-corrected chi connectivity index (χ3v) is 8.00. The number of halogens is 2. The van der Waals surface area contributed by atoms with Gasteiger partial charge in [-0.2, -0.15) is 4.31 Å². The summed E-state index contributed by atoms with van der Waals surface area (Å²) in [6.45, 7) is 5.79. The van der Waals surface area contributed by atoms with E-state index in [1.54, 1.807) is 6.07 Å². The minimum absolute atomic E-state index is 0.0349. The summed E-state index contributed by atoms with van der Waals surface area (Å²) in [5.41, 5.74) is 4.23. The van der Waals surface area contributed by atoms with Crippen LogP contribution in [0.15, 0.2) is 53.4 Å². The van der Waals surface area contributed by atoms with Crippen molar-refractivity contribution >= 4 is 39.0 Å². The molecule has 2 heterocycles. The maximum Gasteiger partial charge on any atom is 0.244 e. The minimum atomic E-state index is -3.72. The molecule has 3 aromatic rings. The zero-order valence-corrected chi connectivity index (χ0v) is 19.5. The van der Waals surface area contributed by atoms with Gasteiger partial charge in [-0.25, -0.2) is 8.42 Å². The van der Waals surface area contributed by atoms with Crippen LogP contribution in [0.25, 0.3) is 11.3 Å². The van der Waals surface area contributed by atoms with E-state index in [0.717, 1.165) is 22.6 Å². The van der Waals surface area contributed by atoms with Crippen LogP contribution in [0.2, 0.25) is 10.0 Å². The predicted octanol–water partition coefficient (Wildman–Crippen LogP) is 4.58. The standard InChI is InChI=1S/C22H22Cl2N4O2S/c1-15-3-5-18(16(2)13-15)20-7-8-22(26-25-20)27-9-11-28(12-10-27)31(29,30)21-14-17(23)4-6-19(21)24/h3-8,13-14H,9-12H2,1-2H3. The van der Waals surface area contributed by atoms with Crippen molar-refractivity contribution < 1.29 is 8.42 Å². The number of rotatable bonds is 4. The smallest absolute Gasteiger partial charge is 0.244 e. The fourth-order valence-electron chi connectivity index (χ4n) is 3.71. The summed E-state index contributed by atoms with van der Waals surface area (Å²) in [6, 6.07) is 14.6. The van der Waals surface area contributed by atoms with Gasteiger partial charge in [-0.3, -0.25) is 0 Å². The molecule has 31 heavy (non-hydrogen) atoms.